The van der Waals surface area contributed by atoms with E-state index in [1.165, 1.54) is 27.3 Å². The van der Waals surface area contributed by atoms with E-state index in [-0.39, 0.29) is 0 Å². The van der Waals surface area contributed by atoms with Gasteiger partial charge in [0, 0.05) is 44.7 Å². The maximum absolute atomic E-state index is 6.25. The maximum Gasteiger partial charge on any atom is 0.137 e. The number of nitrogens with zero attached hydrogens (tertiary/aromatic N) is 1. The Hall–Kier alpha value is -5.80. The summed E-state index contributed by atoms with van der Waals surface area (Å²) >= 11 is 0. The van der Waals surface area contributed by atoms with E-state index < -0.39 is 0 Å². The molecule has 0 N–H and O–H groups in total. The number of fused-ring (bicyclic) bond motifs is 8. The predicted octanol–water partition coefficient (Wildman–Crippen LogP) is 11.8. The van der Waals surface area contributed by atoms with Crippen LogP contribution in [0.15, 0.2) is 160 Å². The Balaban J connectivity index is 1.17. The van der Waals surface area contributed by atoms with Gasteiger partial charge in [-0.15, -0.1) is 0 Å². The largest absolute Gasteiger partial charge is 0.456 e. The quantitative estimate of drug-likeness (QED) is 0.218. The fourth-order valence-electron chi connectivity index (χ4n) is 6.50. The summed E-state index contributed by atoms with van der Waals surface area (Å²) in [5.41, 5.74) is 9.20. The van der Waals surface area contributed by atoms with Gasteiger partial charge in [0.1, 0.15) is 22.3 Å². The Labute approximate surface area is 247 Å². The monoisotopic (exact) mass is 551 g/mol. The third kappa shape index (κ3) is 3.75. The van der Waals surface area contributed by atoms with Crippen LogP contribution in [0.4, 0.5) is 17.1 Å². The molecule has 7 aromatic carbocycles. The summed E-state index contributed by atoms with van der Waals surface area (Å²) in [7, 11) is 0. The first-order valence-electron chi connectivity index (χ1n) is 14.5. The Morgan fingerprint density at radius 2 is 0.953 bits per heavy atom. The first kappa shape index (κ1) is 23.9. The average Bonchev–Trinajstić information content (AvgIpc) is 3.64. The van der Waals surface area contributed by atoms with Crippen molar-refractivity contribution >= 4 is 71.7 Å². The molecule has 0 radical (unpaired) electrons. The van der Waals surface area contributed by atoms with Crippen LogP contribution in [0.3, 0.4) is 0 Å². The topological polar surface area (TPSA) is 29.5 Å². The molecule has 0 spiro atoms. The van der Waals surface area contributed by atoms with Crippen LogP contribution in [0.5, 0.6) is 0 Å². The molecular weight excluding hydrogens is 526 g/mol. The third-order valence-electron chi connectivity index (χ3n) is 8.47. The number of benzene rings is 7. The highest BCUT2D eigenvalue weighted by Crippen LogP contribution is 2.41. The fraction of sp³-hybridized carbons (Fsp3) is 0. The number of para-hydroxylation sites is 3. The molecular formula is C40H25NO2. The second-order valence-corrected chi connectivity index (χ2v) is 10.9. The molecule has 9 rings (SSSR count). The summed E-state index contributed by atoms with van der Waals surface area (Å²) in [4.78, 5) is 2.28. The lowest BCUT2D eigenvalue weighted by molar-refractivity contribution is 0.668. The highest BCUT2D eigenvalue weighted by Gasteiger charge is 2.17. The zero-order chi connectivity index (χ0) is 28.3. The van der Waals surface area contributed by atoms with Gasteiger partial charge in [-0.25, -0.2) is 0 Å². The van der Waals surface area contributed by atoms with Crippen LogP contribution in [0.25, 0.3) is 65.8 Å². The van der Waals surface area contributed by atoms with Crippen LogP contribution in [-0.2, 0) is 0 Å². The van der Waals surface area contributed by atoms with Crippen molar-refractivity contribution in [3.8, 4) is 11.1 Å². The van der Waals surface area contributed by atoms with Gasteiger partial charge < -0.3 is 13.7 Å². The van der Waals surface area contributed by atoms with E-state index in [9.17, 15) is 0 Å². The van der Waals surface area contributed by atoms with Crippen LogP contribution >= 0.6 is 0 Å². The van der Waals surface area contributed by atoms with Crippen LogP contribution in [0.1, 0.15) is 0 Å². The minimum atomic E-state index is 0.880. The van der Waals surface area contributed by atoms with Gasteiger partial charge in [-0.1, -0.05) is 91.0 Å². The van der Waals surface area contributed by atoms with Crippen molar-refractivity contribution in [3.63, 3.8) is 0 Å². The van der Waals surface area contributed by atoms with E-state index in [2.05, 4.69) is 126 Å². The van der Waals surface area contributed by atoms with E-state index in [4.69, 9.17) is 8.83 Å². The maximum atomic E-state index is 6.25. The number of furan rings is 2. The molecule has 202 valence electrons. The van der Waals surface area contributed by atoms with Crippen molar-refractivity contribution in [3.05, 3.63) is 152 Å². The standard InChI is InChI=1S/C40H25NO2/c1-2-9-27(10-3-1)41(29-21-22-33-32-11-4-6-15-36(32)43-39(33)25-29)28-19-17-26(18-20-28)30-13-8-14-34-31(30)23-24-38-40(34)35-12-5-7-16-37(35)42-38/h1-25H. The second-order valence-electron chi connectivity index (χ2n) is 10.9. The number of anilines is 3. The Morgan fingerprint density at radius 1 is 0.349 bits per heavy atom. The average molecular weight is 552 g/mol. The Morgan fingerprint density at radius 3 is 1.79 bits per heavy atom. The highest BCUT2D eigenvalue weighted by molar-refractivity contribution is 6.21. The lowest BCUT2D eigenvalue weighted by Crippen LogP contribution is -2.09. The Bertz CT molecular complexity index is 2450. The lowest BCUT2D eigenvalue weighted by Gasteiger charge is -2.25. The summed E-state index contributed by atoms with van der Waals surface area (Å²) in [5.74, 6) is 0. The first-order valence-corrected chi connectivity index (χ1v) is 14.5. The molecule has 0 atom stereocenters. The minimum Gasteiger partial charge on any atom is -0.456 e. The van der Waals surface area contributed by atoms with Gasteiger partial charge in [0.2, 0.25) is 0 Å². The zero-order valence-corrected chi connectivity index (χ0v) is 23.2. The SMILES string of the molecule is c1ccc(N(c2ccc(-c3cccc4c3ccc3oc5ccccc5c34)cc2)c2ccc3c(c2)oc2ccccc23)cc1. The summed E-state index contributed by atoms with van der Waals surface area (Å²) < 4.78 is 12.4. The summed E-state index contributed by atoms with van der Waals surface area (Å²) in [6, 6.07) is 53.1. The molecule has 9 aromatic rings. The van der Waals surface area contributed by atoms with Crippen LogP contribution in [0, 0.1) is 0 Å². The van der Waals surface area contributed by atoms with Gasteiger partial charge in [0.25, 0.3) is 0 Å². The molecule has 0 amide bonds. The van der Waals surface area contributed by atoms with Crippen molar-refractivity contribution in [1.29, 1.82) is 0 Å². The molecule has 43 heavy (non-hydrogen) atoms. The first-order chi connectivity index (χ1) is 21.3. The van der Waals surface area contributed by atoms with Crippen LogP contribution < -0.4 is 4.90 Å². The normalized spacial score (nSPS) is 11.7. The fourth-order valence-corrected chi connectivity index (χ4v) is 6.50. The predicted molar refractivity (Wildman–Crippen MR) is 179 cm³/mol. The molecule has 0 aliphatic rings. The van der Waals surface area contributed by atoms with E-state index in [0.29, 0.717) is 0 Å². The number of hydrogen-bond donors (Lipinski definition) is 0. The lowest BCUT2D eigenvalue weighted by atomic mass is 9.95. The van der Waals surface area contributed by atoms with Crippen LogP contribution in [-0.4, -0.2) is 0 Å². The molecule has 2 aromatic heterocycles. The van der Waals surface area contributed by atoms with Crippen molar-refractivity contribution in [2.75, 3.05) is 4.90 Å². The highest BCUT2D eigenvalue weighted by atomic mass is 16.3. The molecule has 2 heterocycles. The molecule has 3 nitrogen and oxygen atoms in total. The van der Waals surface area contributed by atoms with Gasteiger partial charge in [0.15, 0.2) is 0 Å². The van der Waals surface area contributed by atoms with Gasteiger partial charge in [-0.3, -0.25) is 0 Å². The summed E-state index contributed by atoms with van der Waals surface area (Å²) in [6.45, 7) is 0. The zero-order valence-electron chi connectivity index (χ0n) is 23.2. The molecule has 0 bridgehead atoms. The molecule has 0 saturated carbocycles. The molecule has 0 saturated heterocycles. The number of rotatable bonds is 4. The van der Waals surface area contributed by atoms with E-state index in [0.717, 1.165) is 55.6 Å². The number of hydrogen-bond acceptors (Lipinski definition) is 3. The van der Waals surface area contributed by atoms with Gasteiger partial charge in [-0.2, -0.15) is 0 Å². The minimum absolute atomic E-state index is 0.880. The van der Waals surface area contributed by atoms with Crippen LogP contribution in [0.2, 0.25) is 0 Å². The molecule has 0 aliphatic heterocycles. The van der Waals surface area contributed by atoms with Crippen molar-refractivity contribution in [1.82, 2.24) is 0 Å². The van der Waals surface area contributed by atoms with E-state index in [1.54, 1.807) is 0 Å². The van der Waals surface area contributed by atoms with Crippen molar-refractivity contribution in [2.45, 2.75) is 0 Å². The smallest absolute Gasteiger partial charge is 0.137 e. The molecule has 0 aliphatic carbocycles. The summed E-state index contributed by atoms with van der Waals surface area (Å²) in [6.07, 6.45) is 0. The third-order valence-corrected chi connectivity index (χ3v) is 8.47. The van der Waals surface area contributed by atoms with E-state index >= 15 is 0 Å². The Kier molecular flexibility index (Phi) is 5.20. The van der Waals surface area contributed by atoms with Crippen molar-refractivity contribution in [2.24, 2.45) is 0 Å². The van der Waals surface area contributed by atoms with Gasteiger partial charge >= 0.3 is 0 Å². The molecule has 3 heteroatoms. The van der Waals surface area contributed by atoms with Gasteiger partial charge in [-0.05, 0) is 76.5 Å². The summed E-state index contributed by atoms with van der Waals surface area (Å²) in [5, 5.41) is 6.99. The molecule has 0 fully saturated rings. The van der Waals surface area contributed by atoms with E-state index in [1.807, 2.05) is 30.3 Å². The molecule has 0 unspecified atom stereocenters. The van der Waals surface area contributed by atoms with Gasteiger partial charge in [0.05, 0.1) is 0 Å². The van der Waals surface area contributed by atoms with Crippen molar-refractivity contribution < 1.29 is 8.83 Å². The second kappa shape index (κ2) is 9.37.